The standard InChI is InChI=1S/C20H24N4O3S2/c25-29(26,17-6-2-1-3-7-17)23-16-10-13-24(14-11-16)12-4-9-19-21-20(22-27-19)18-8-5-15-28-18/h1-3,5-8,15-16,23H,4,9-14H2. The summed E-state index contributed by atoms with van der Waals surface area (Å²) in [7, 11) is -3.44. The van der Waals surface area contributed by atoms with Crippen LogP contribution in [0.1, 0.15) is 25.2 Å². The molecule has 9 heteroatoms. The van der Waals surface area contributed by atoms with E-state index in [0.29, 0.717) is 16.6 Å². The van der Waals surface area contributed by atoms with Crippen molar-refractivity contribution in [2.24, 2.45) is 0 Å². The van der Waals surface area contributed by atoms with Gasteiger partial charge in [0.2, 0.25) is 21.7 Å². The Balaban J connectivity index is 1.20. The first kappa shape index (κ1) is 20.2. The molecule has 4 rings (SSSR count). The van der Waals surface area contributed by atoms with Crippen molar-refractivity contribution in [1.29, 1.82) is 0 Å². The van der Waals surface area contributed by atoms with Gasteiger partial charge in [0, 0.05) is 12.5 Å². The van der Waals surface area contributed by atoms with Crippen LogP contribution in [0, 0.1) is 0 Å². The first-order valence-corrected chi connectivity index (χ1v) is 12.1. The molecule has 0 amide bonds. The van der Waals surface area contributed by atoms with Crippen molar-refractivity contribution < 1.29 is 12.9 Å². The zero-order chi connectivity index (χ0) is 20.1. The number of rotatable bonds is 8. The van der Waals surface area contributed by atoms with Crippen LogP contribution in [0.5, 0.6) is 0 Å². The van der Waals surface area contributed by atoms with Gasteiger partial charge in [-0.25, -0.2) is 13.1 Å². The first-order chi connectivity index (χ1) is 14.1. The van der Waals surface area contributed by atoms with E-state index in [2.05, 4.69) is 19.8 Å². The Hall–Kier alpha value is -2.07. The highest BCUT2D eigenvalue weighted by molar-refractivity contribution is 7.89. The predicted molar refractivity (Wildman–Crippen MR) is 112 cm³/mol. The number of hydrogen-bond acceptors (Lipinski definition) is 7. The quantitative estimate of drug-likeness (QED) is 0.588. The first-order valence-electron chi connectivity index (χ1n) is 9.76. The summed E-state index contributed by atoms with van der Waals surface area (Å²) in [5, 5.41) is 6.03. The minimum absolute atomic E-state index is 0.0132. The molecule has 1 fully saturated rings. The second-order valence-electron chi connectivity index (χ2n) is 7.14. The molecule has 1 aliphatic rings. The highest BCUT2D eigenvalue weighted by Crippen LogP contribution is 2.21. The van der Waals surface area contributed by atoms with Crippen LogP contribution in [0.3, 0.4) is 0 Å². The maximum Gasteiger partial charge on any atom is 0.240 e. The van der Waals surface area contributed by atoms with E-state index in [0.717, 1.165) is 50.2 Å². The number of nitrogens with one attached hydrogen (secondary N) is 1. The van der Waals surface area contributed by atoms with E-state index in [-0.39, 0.29) is 6.04 Å². The summed E-state index contributed by atoms with van der Waals surface area (Å²) in [6.45, 7) is 2.70. The molecule has 0 bridgehead atoms. The number of benzene rings is 1. The molecule has 0 radical (unpaired) electrons. The van der Waals surface area contributed by atoms with Crippen molar-refractivity contribution >= 4 is 21.4 Å². The van der Waals surface area contributed by atoms with Crippen molar-refractivity contribution in [3.05, 3.63) is 53.7 Å². The number of hydrogen-bond donors (Lipinski definition) is 1. The van der Waals surface area contributed by atoms with Crippen LogP contribution < -0.4 is 4.72 Å². The minimum Gasteiger partial charge on any atom is -0.339 e. The lowest BCUT2D eigenvalue weighted by Gasteiger charge is -2.32. The highest BCUT2D eigenvalue weighted by atomic mass is 32.2. The third kappa shape index (κ3) is 5.30. The molecule has 0 atom stereocenters. The Labute approximate surface area is 174 Å². The number of nitrogens with zero attached hydrogens (tertiary/aromatic N) is 3. The number of thiophene rings is 1. The molecule has 0 saturated carbocycles. The molecular formula is C20H24N4O3S2. The SMILES string of the molecule is O=S(=O)(NC1CCN(CCCc2nc(-c3cccs3)no2)CC1)c1ccccc1. The Kier molecular flexibility index (Phi) is 6.39. The smallest absolute Gasteiger partial charge is 0.240 e. The van der Waals surface area contributed by atoms with Crippen LogP contribution >= 0.6 is 11.3 Å². The lowest BCUT2D eigenvalue weighted by molar-refractivity contribution is 0.203. The summed E-state index contributed by atoms with van der Waals surface area (Å²) in [5.74, 6) is 1.32. The summed E-state index contributed by atoms with van der Waals surface area (Å²) in [6.07, 6.45) is 3.32. The maximum absolute atomic E-state index is 12.5. The van der Waals surface area contributed by atoms with Gasteiger partial charge in [-0.05, 0) is 62.5 Å². The van der Waals surface area contributed by atoms with Gasteiger partial charge in [-0.3, -0.25) is 0 Å². The lowest BCUT2D eigenvalue weighted by atomic mass is 10.1. The molecule has 1 saturated heterocycles. The fraction of sp³-hybridized carbons (Fsp3) is 0.400. The van der Waals surface area contributed by atoms with Crippen molar-refractivity contribution in [3.63, 3.8) is 0 Å². The minimum atomic E-state index is -3.44. The summed E-state index contributed by atoms with van der Waals surface area (Å²) in [4.78, 5) is 8.16. The fourth-order valence-electron chi connectivity index (χ4n) is 3.48. The second kappa shape index (κ2) is 9.17. The van der Waals surface area contributed by atoms with Crippen LogP contribution in [0.4, 0.5) is 0 Å². The second-order valence-corrected chi connectivity index (χ2v) is 9.80. The fourth-order valence-corrected chi connectivity index (χ4v) is 5.45. The Morgan fingerprint density at radius 1 is 1.14 bits per heavy atom. The molecule has 7 nitrogen and oxygen atoms in total. The molecule has 154 valence electrons. The molecule has 3 aromatic rings. The molecule has 1 aliphatic heterocycles. The number of likely N-dealkylation sites (tertiary alicyclic amines) is 1. The Morgan fingerprint density at radius 3 is 2.66 bits per heavy atom. The van der Waals surface area contributed by atoms with E-state index in [4.69, 9.17) is 4.52 Å². The average Bonchev–Trinajstić information content (AvgIpc) is 3.42. The van der Waals surface area contributed by atoms with Crippen LogP contribution in [0.15, 0.2) is 57.3 Å². The van der Waals surface area contributed by atoms with Gasteiger partial charge in [0.15, 0.2) is 0 Å². The van der Waals surface area contributed by atoms with E-state index in [1.807, 2.05) is 23.6 Å². The van der Waals surface area contributed by atoms with Crippen molar-refractivity contribution in [2.75, 3.05) is 19.6 Å². The summed E-state index contributed by atoms with van der Waals surface area (Å²) in [5.41, 5.74) is 0. The molecule has 1 aromatic carbocycles. The van der Waals surface area contributed by atoms with Crippen LogP contribution in [-0.2, 0) is 16.4 Å². The van der Waals surface area contributed by atoms with Gasteiger partial charge in [-0.2, -0.15) is 4.98 Å². The van der Waals surface area contributed by atoms with E-state index in [9.17, 15) is 8.42 Å². The van der Waals surface area contributed by atoms with Gasteiger partial charge in [0.25, 0.3) is 0 Å². The van der Waals surface area contributed by atoms with Gasteiger partial charge >= 0.3 is 0 Å². The molecule has 3 heterocycles. The van der Waals surface area contributed by atoms with E-state index < -0.39 is 10.0 Å². The normalized spacial score (nSPS) is 16.3. The van der Waals surface area contributed by atoms with Gasteiger partial charge in [-0.15, -0.1) is 11.3 Å². The summed E-state index contributed by atoms with van der Waals surface area (Å²) >= 11 is 1.60. The van der Waals surface area contributed by atoms with E-state index in [1.54, 1.807) is 35.6 Å². The molecule has 0 unspecified atom stereocenters. The topological polar surface area (TPSA) is 88.3 Å². The molecule has 29 heavy (non-hydrogen) atoms. The highest BCUT2D eigenvalue weighted by Gasteiger charge is 2.24. The zero-order valence-corrected chi connectivity index (χ0v) is 17.7. The molecule has 0 aliphatic carbocycles. The monoisotopic (exact) mass is 432 g/mol. The molecule has 1 N–H and O–H groups in total. The molecule has 0 spiro atoms. The van der Waals surface area contributed by atoms with Crippen molar-refractivity contribution in [1.82, 2.24) is 19.8 Å². The van der Waals surface area contributed by atoms with Gasteiger partial charge in [0.05, 0.1) is 9.77 Å². The van der Waals surface area contributed by atoms with Crippen LogP contribution in [-0.4, -0.2) is 49.1 Å². The summed E-state index contributed by atoms with van der Waals surface area (Å²) in [6, 6.07) is 12.5. The zero-order valence-electron chi connectivity index (χ0n) is 16.0. The van der Waals surface area contributed by atoms with Crippen LogP contribution in [0.2, 0.25) is 0 Å². The molecular weight excluding hydrogens is 408 g/mol. The van der Waals surface area contributed by atoms with Gasteiger partial charge < -0.3 is 9.42 Å². The number of piperidine rings is 1. The average molecular weight is 433 g/mol. The summed E-state index contributed by atoms with van der Waals surface area (Å²) < 4.78 is 33.1. The van der Waals surface area contributed by atoms with Crippen LogP contribution in [0.25, 0.3) is 10.7 Å². The van der Waals surface area contributed by atoms with E-state index in [1.165, 1.54) is 0 Å². The Bertz CT molecular complexity index is 996. The third-order valence-electron chi connectivity index (χ3n) is 5.04. The van der Waals surface area contributed by atoms with E-state index >= 15 is 0 Å². The van der Waals surface area contributed by atoms with Gasteiger partial charge in [-0.1, -0.05) is 29.4 Å². The van der Waals surface area contributed by atoms with Gasteiger partial charge in [0.1, 0.15) is 0 Å². The number of aryl methyl sites for hydroxylation is 1. The Morgan fingerprint density at radius 2 is 1.93 bits per heavy atom. The molecule has 2 aromatic heterocycles. The largest absolute Gasteiger partial charge is 0.339 e. The lowest BCUT2D eigenvalue weighted by Crippen LogP contribution is -2.44. The predicted octanol–water partition coefficient (Wildman–Crippen LogP) is 3.17. The van der Waals surface area contributed by atoms with Crippen molar-refractivity contribution in [3.8, 4) is 10.7 Å². The number of aromatic nitrogens is 2. The third-order valence-corrected chi connectivity index (χ3v) is 7.44. The number of sulfonamides is 1. The van der Waals surface area contributed by atoms with Crippen molar-refractivity contribution in [2.45, 2.75) is 36.6 Å². The maximum atomic E-state index is 12.5.